The first kappa shape index (κ1) is 19.0. The molecule has 2 rings (SSSR count). The van der Waals surface area contributed by atoms with Crippen LogP contribution in [0.5, 0.6) is 0 Å². The van der Waals surface area contributed by atoms with Crippen molar-refractivity contribution in [3.63, 3.8) is 0 Å². The smallest absolute Gasteiger partial charge is 0.305 e. The van der Waals surface area contributed by atoms with Crippen molar-refractivity contribution < 1.29 is 19.6 Å². The molecular weight excluding hydrogens is 342 g/mol. The quantitative estimate of drug-likeness (QED) is 0.559. The van der Waals surface area contributed by atoms with E-state index in [1.807, 2.05) is 13.8 Å². The van der Waals surface area contributed by atoms with Gasteiger partial charge in [-0.05, 0) is 18.1 Å². The fourth-order valence-corrected chi connectivity index (χ4v) is 2.46. The van der Waals surface area contributed by atoms with Crippen LogP contribution in [0.25, 0.3) is 5.69 Å². The molecule has 0 aliphatic heterocycles. The molecular formula is C16H19N5O5. The zero-order chi connectivity index (χ0) is 19.3. The minimum absolute atomic E-state index is 0.0327. The van der Waals surface area contributed by atoms with E-state index in [1.54, 1.807) is 0 Å². The van der Waals surface area contributed by atoms with Crippen LogP contribution in [0.15, 0.2) is 30.9 Å². The van der Waals surface area contributed by atoms with E-state index in [2.05, 4.69) is 10.1 Å². The Balaban J connectivity index is 2.35. The lowest BCUT2D eigenvalue weighted by Crippen LogP contribution is -2.36. The normalized spacial score (nSPS) is 10.7. The van der Waals surface area contributed by atoms with Crippen LogP contribution >= 0.6 is 0 Å². The molecule has 1 amide bonds. The van der Waals surface area contributed by atoms with Gasteiger partial charge >= 0.3 is 5.97 Å². The predicted octanol–water partition coefficient (Wildman–Crippen LogP) is 1.75. The number of amides is 1. The van der Waals surface area contributed by atoms with Gasteiger partial charge in [0.1, 0.15) is 18.3 Å². The van der Waals surface area contributed by atoms with Gasteiger partial charge < -0.3 is 10.0 Å². The SMILES string of the molecule is CC(C)CN(CCC(=O)O)C(=O)c1ccc(-n2cncn2)c([N+](=O)[O-])c1. The van der Waals surface area contributed by atoms with E-state index in [1.165, 1.54) is 40.4 Å². The van der Waals surface area contributed by atoms with Gasteiger partial charge in [0, 0.05) is 24.7 Å². The molecule has 26 heavy (non-hydrogen) atoms. The first-order valence-electron chi connectivity index (χ1n) is 7.94. The third-order valence-corrected chi connectivity index (χ3v) is 3.55. The maximum absolute atomic E-state index is 12.7. The molecule has 0 unspecified atom stereocenters. The van der Waals surface area contributed by atoms with E-state index in [9.17, 15) is 19.7 Å². The average Bonchev–Trinajstić information content (AvgIpc) is 3.11. The molecule has 1 N–H and O–H groups in total. The molecule has 10 heteroatoms. The topological polar surface area (TPSA) is 131 Å². The molecule has 0 atom stereocenters. The van der Waals surface area contributed by atoms with Gasteiger partial charge in [-0.1, -0.05) is 13.8 Å². The van der Waals surface area contributed by atoms with Crippen molar-refractivity contribution in [2.75, 3.05) is 13.1 Å². The van der Waals surface area contributed by atoms with Crippen molar-refractivity contribution in [2.24, 2.45) is 5.92 Å². The van der Waals surface area contributed by atoms with Crippen molar-refractivity contribution in [3.8, 4) is 5.69 Å². The summed E-state index contributed by atoms with van der Waals surface area (Å²) in [5.74, 6) is -1.34. The largest absolute Gasteiger partial charge is 0.481 e. The van der Waals surface area contributed by atoms with E-state index in [0.29, 0.717) is 6.54 Å². The van der Waals surface area contributed by atoms with Crippen LogP contribution < -0.4 is 0 Å². The van der Waals surface area contributed by atoms with Crippen LogP contribution in [0.4, 0.5) is 5.69 Å². The summed E-state index contributed by atoms with van der Waals surface area (Å²) in [6.07, 6.45) is 2.37. The number of hydrogen-bond donors (Lipinski definition) is 1. The molecule has 0 radical (unpaired) electrons. The predicted molar refractivity (Wildman–Crippen MR) is 91.0 cm³/mol. The summed E-state index contributed by atoms with van der Waals surface area (Å²) < 4.78 is 1.24. The summed E-state index contributed by atoms with van der Waals surface area (Å²) in [6, 6.07) is 4.05. The lowest BCUT2D eigenvalue weighted by molar-refractivity contribution is -0.384. The number of aromatic nitrogens is 3. The van der Waals surface area contributed by atoms with E-state index < -0.39 is 16.8 Å². The molecule has 1 heterocycles. The maximum atomic E-state index is 12.7. The van der Waals surface area contributed by atoms with Gasteiger partial charge in [0.25, 0.3) is 11.6 Å². The molecule has 0 fully saturated rings. The number of aliphatic carboxylic acids is 1. The lowest BCUT2D eigenvalue weighted by Gasteiger charge is -2.24. The molecule has 0 aliphatic carbocycles. The number of carboxylic acid groups (broad SMARTS) is 1. The number of nitro benzene ring substituents is 1. The Labute approximate surface area is 149 Å². The zero-order valence-corrected chi connectivity index (χ0v) is 14.4. The maximum Gasteiger partial charge on any atom is 0.305 e. The first-order valence-corrected chi connectivity index (χ1v) is 7.94. The van der Waals surface area contributed by atoms with Gasteiger partial charge in [-0.3, -0.25) is 19.7 Å². The second-order valence-corrected chi connectivity index (χ2v) is 6.09. The number of carboxylic acids is 1. The molecule has 2 aromatic rings. The second-order valence-electron chi connectivity index (χ2n) is 6.09. The highest BCUT2D eigenvalue weighted by atomic mass is 16.6. The average molecular weight is 361 g/mol. The Morgan fingerprint density at radius 2 is 2.12 bits per heavy atom. The van der Waals surface area contributed by atoms with Crippen molar-refractivity contribution in [3.05, 3.63) is 46.5 Å². The highest BCUT2D eigenvalue weighted by molar-refractivity contribution is 5.95. The van der Waals surface area contributed by atoms with Crippen molar-refractivity contribution in [1.82, 2.24) is 19.7 Å². The van der Waals surface area contributed by atoms with E-state index in [-0.39, 0.29) is 35.8 Å². The summed E-state index contributed by atoms with van der Waals surface area (Å²) in [4.78, 5) is 39.5. The molecule has 0 aliphatic rings. The minimum Gasteiger partial charge on any atom is -0.481 e. The van der Waals surface area contributed by atoms with Gasteiger partial charge in [-0.25, -0.2) is 9.67 Å². The number of benzene rings is 1. The number of carbonyl (C=O) groups is 2. The summed E-state index contributed by atoms with van der Waals surface area (Å²) in [6.45, 7) is 4.18. The van der Waals surface area contributed by atoms with Gasteiger partial charge in [0.05, 0.1) is 11.3 Å². The molecule has 1 aromatic heterocycles. The van der Waals surface area contributed by atoms with Crippen molar-refractivity contribution in [2.45, 2.75) is 20.3 Å². The number of hydrogen-bond acceptors (Lipinski definition) is 6. The van der Waals surface area contributed by atoms with E-state index in [0.717, 1.165) is 0 Å². The Hall–Kier alpha value is -3.30. The fourth-order valence-electron chi connectivity index (χ4n) is 2.46. The summed E-state index contributed by atoms with van der Waals surface area (Å²) >= 11 is 0. The number of nitro groups is 1. The number of carbonyl (C=O) groups excluding carboxylic acids is 1. The lowest BCUT2D eigenvalue weighted by atomic mass is 10.1. The molecule has 0 saturated heterocycles. The summed E-state index contributed by atoms with van der Waals surface area (Å²) in [5, 5.41) is 24.1. The molecule has 0 spiro atoms. The fraction of sp³-hybridized carbons (Fsp3) is 0.375. The third kappa shape index (κ3) is 4.62. The molecule has 0 saturated carbocycles. The van der Waals surface area contributed by atoms with Crippen molar-refractivity contribution in [1.29, 1.82) is 0 Å². The minimum atomic E-state index is -1.01. The Morgan fingerprint density at radius 1 is 1.38 bits per heavy atom. The molecule has 0 bridgehead atoms. The van der Waals surface area contributed by atoms with Gasteiger partial charge in [0.15, 0.2) is 0 Å². The molecule has 1 aromatic carbocycles. The molecule has 10 nitrogen and oxygen atoms in total. The van der Waals surface area contributed by atoms with Crippen LogP contribution in [0.2, 0.25) is 0 Å². The van der Waals surface area contributed by atoms with Crippen LogP contribution in [-0.4, -0.2) is 54.7 Å². The van der Waals surface area contributed by atoms with E-state index in [4.69, 9.17) is 5.11 Å². The Kier molecular flexibility index (Phi) is 5.99. The van der Waals surface area contributed by atoms with Gasteiger partial charge in [0.2, 0.25) is 0 Å². The van der Waals surface area contributed by atoms with Gasteiger partial charge in [-0.2, -0.15) is 5.10 Å². The zero-order valence-electron chi connectivity index (χ0n) is 14.4. The number of nitrogens with zero attached hydrogens (tertiary/aromatic N) is 5. The second kappa shape index (κ2) is 8.19. The standard InChI is InChI=1S/C16H19N5O5/c1-11(2)8-19(6-5-15(22)23)16(24)12-3-4-13(14(7-12)21(25)26)20-10-17-9-18-20/h3-4,7,9-11H,5-6,8H2,1-2H3,(H,22,23). The molecule has 138 valence electrons. The van der Waals surface area contributed by atoms with E-state index >= 15 is 0 Å². The van der Waals surface area contributed by atoms with Crippen molar-refractivity contribution >= 4 is 17.6 Å². The Morgan fingerprint density at radius 3 is 2.65 bits per heavy atom. The highest BCUT2D eigenvalue weighted by Gasteiger charge is 2.23. The highest BCUT2D eigenvalue weighted by Crippen LogP contribution is 2.24. The van der Waals surface area contributed by atoms with Crippen LogP contribution in [0, 0.1) is 16.0 Å². The van der Waals surface area contributed by atoms with Crippen LogP contribution in [0.1, 0.15) is 30.6 Å². The first-order chi connectivity index (χ1) is 12.3. The third-order valence-electron chi connectivity index (χ3n) is 3.55. The monoisotopic (exact) mass is 361 g/mol. The summed E-state index contributed by atoms with van der Waals surface area (Å²) in [7, 11) is 0. The number of rotatable bonds is 8. The Bertz CT molecular complexity index is 803. The van der Waals surface area contributed by atoms with Crippen LogP contribution in [0.3, 0.4) is 0 Å². The van der Waals surface area contributed by atoms with Gasteiger partial charge in [-0.15, -0.1) is 0 Å². The van der Waals surface area contributed by atoms with Crippen LogP contribution in [-0.2, 0) is 4.79 Å². The summed E-state index contributed by atoms with van der Waals surface area (Å²) in [5.41, 5.74) is 0.0145.